The Hall–Kier alpha value is -3.34. The number of nitrogens with one attached hydrogen (secondary N) is 3. The second-order valence-electron chi connectivity index (χ2n) is 6.71. The van der Waals surface area contributed by atoms with Gasteiger partial charge in [-0.15, -0.1) is 11.3 Å². The van der Waals surface area contributed by atoms with Crippen LogP contribution in [0, 0.1) is 5.41 Å². The molecule has 11 heteroatoms. The van der Waals surface area contributed by atoms with Crippen LogP contribution >= 0.6 is 11.3 Å². The molecule has 0 aliphatic heterocycles. The maximum absolute atomic E-state index is 11.9. The number of hydrogen-bond acceptors (Lipinski definition) is 7. The lowest BCUT2D eigenvalue weighted by Crippen LogP contribution is -2.24. The summed E-state index contributed by atoms with van der Waals surface area (Å²) in [5.74, 6) is -0.659. The lowest BCUT2D eigenvalue weighted by Gasteiger charge is -2.17. The van der Waals surface area contributed by atoms with Crippen molar-refractivity contribution in [2.45, 2.75) is 26.7 Å². The van der Waals surface area contributed by atoms with E-state index in [1.807, 2.05) is 12.1 Å². The number of amides is 2. The van der Waals surface area contributed by atoms with Gasteiger partial charge in [-0.2, -0.15) is 0 Å². The third kappa shape index (κ3) is 4.88. The van der Waals surface area contributed by atoms with Crippen LogP contribution in [-0.4, -0.2) is 42.7 Å². The van der Waals surface area contributed by atoms with Crippen LogP contribution in [-0.2, 0) is 11.2 Å². The highest BCUT2D eigenvalue weighted by Crippen LogP contribution is 2.30. The largest absolute Gasteiger partial charge is 0.481 e. The number of aromatic amines is 1. The average molecular weight is 401 g/mol. The van der Waals surface area contributed by atoms with Crippen LogP contribution in [0.1, 0.15) is 25.3 Å². The smallest absolute Gasteiger partial charge is 0.326 e. The minimum atomic E-state index is -0.809. The van der Waals surface area contributed by atoms with Crippen LogP contribution in [0.4, 0.5) is 16.4 Å². The number of benzene rings is 1. The van der Waals surface area contributed by atoms with Gasteiger partial charge in [0.05, 0.1) is 15.3 Å². The van der Waals surface area contributed by atoms with Gasteiger partial charge in [0, 0.05) is 18.3 Å². The zero-order valence-corrected chi connectivity index (χ0v) is 16.1. The van der Waals surface area contributed by atoms with Gasteiger partial charge in [0.25, 0.3) is 0 Å². The fourth-order valence-corrected chi connectivity index (χ4v) is 3.21. The molecule has 0 aliphatic rings. The van der Waals surface area contributed by atoms with Gasteiger partial charge in [-0.1, -0.05) is 17.2 Å². The molecule has 4 N–H and O–H groups in total. The van der Waals surface area contributed by atoms with E-state index >= 15 is 0 Å². The Morgan fingerprint density at radius 3 is 2.61 bits per heavy atom. The molecule has 3 aromatic rings. The van der Waals surface area contributed by atoms with Crippen molar-refractivity contribution in [3.63, 3.8) is 0 Å². The van der Waals surface area contributed by atoms with E-state index in [9.17, 15) is 14.7 Å². The molecule has 1 aromatic carbocycles. The molecule has 2 amide bonds. The van der Waals surface area contributed by atoms with Crippen molar-refractivity contribution in [1.82, 2.24) is 25.6 Å². The van der Waals surface area contributed by atoms with Gasteiger partial charge in [-0.05, 0) is 48.4 Å². The highest BCUT2D eigenvalue weighted by molar-refractivity contribution is 7.15. The Morgan fingerprint density at radius 1 is 1.21 bits per heavy atom. The van der Waals surface area contributed by atoms with Crippen molar-refractivity contribution in [2.75, 3.05) is 10.6 Å². The number of thiazole rings is 1. The molecule has 0 radical (unpaired) electrons. The molecule has 0 saturated carbocycles. The maximum atomic E-state index is 11.9. The van der Waals surface area contributed by atoms with Crippen molar-refractivity contribution in [3.8, 4) is 10.4 Å². The molecule has 0 bridgehead atoms. The molecule has 0 atom stereocenters. The standard InChI is InChI=1S/C17H19N7O3S/c1-17(2,14(25)26)8-7-13-18-9-12(28-13)10-3-5-11(6-4-10)19-16(27)20-15-21-23-24-22-15/h3-6,9H,7-8H2,1-2H3,(H,25,26)(H3,19,20,21,22,23,24,27). The second-order valence-corrected chi connectivity index (χ2v) is 7.83. The van der Waals surface area contributed by atoms with Gasteiger partial charge >= 0.3 is 12.0 Å². The van der Waals surface area contributed by atoms with Crippen LogP contribution in [0.3, 0.4) is 0 Å². The fourth-order valence-electron chi connectivity index (χ4n) is 2.29. The summed E-state index contributed by atoms with van der Waals surface area (Å²) in [5, 5.41) is 28.0. The van der Waals surface area contributed by atoms with E-state index in [0.717, 1.165) is 15.4 Å². The third-order valence-corrected chi connectivity index (χ3v) is 5.21. The normalized spacial score (nSPS) is 11.2. The zero-order chi connectivity index (χ0) is 20.1. The van der Waals surface area contributed by atoms with Crippen molar-refractivity contribution in [3.05, 3.63) is 35.5 Å². The summed E-state index contributed by atoms with van der Waals surface area (Å²) in [6, 6.07) is 6.85. The number of rotatable bonds is 7. The molecule has 2 aromatic heterocycles. The number of carboxylic acids is 1. The number of nitrogens with zero attached hydrogens (tertiary/aromatic N) is 4. The first-order valence-corrected chi connectivity index (χ1v) is 9.25. The molecule has 0 saturated heterocycles. The minimum Gasteiger partial charge on any atom is -0.481 e. The second kappa shape index (κ2) is 8.13. The molecule has 0 aliphatic carbocycles. The van der Waals surface area contributed by atoms with Gasteiger partial charge in [0.15, 0.2) is 0 Å². The van der Waals surface area contributed by atoms with Gasteiger partial charge in [0.2, 0.25) is 5.95 Å². The molecule has 10 nitrogen and oxygen atoms in total. The van der Waals surface area contributed by atoms with Crippen LogP contribution < -0.4 is 10.6 Å². The van der Waals surface area contributed by atoms with E-state index in [1.54, 1.807) is 32.2 Å². The summed E-state index contributed by atoms with van der Waals surface area (Å²) in [7, 11) is 0. The number of H-pyrrole nitrogens is 1. The van der Waals surface area contributed by atoms with Crippen LogP contribution in [0.5, 0.6) is 0 Å². The number of anilines is 2. The number of hydrogen-bond donors (Lipinski definition) is 4. The summed E-state index contributed by atoms with van der Waals surface area (Å²) in [4.78, 5) is 28.4. The van der Waals surface area contributed by atoms with E-state index in [1.165, 1.54) is 11.3 Å². The number of tetrazole rings is 1. The predicted molar refractivity (Wildman–Crippen MR) is 104 cm³/mol. The van der Waals surface area contributed by atoms with Crippen molar-refractivity contribution >= 4 is 35.0 Å². The summed E-state index contributed by atoms with van der Waals surface area (Å²) < 4.78 is 0. The molecule has 146 valence electrons. The molecule has 0 fully saturated rings. The Balaban J connectivity index is 1.58. The SMILES string of the molecule is CC(C)(CCc1ncc(-c2ccc(NC(=O)Nc3nnn[nH]3)cc2)s1)C(=O)O. The van der Waals surface area contributed by atoms with Crippen LogP contribution in [0.15, 0.2) is 30.5 Å². The Kier molecular flexibility index (Phi) is 5.64. The topological polar surface area (TPSA) is 146 Å². The molecule has 0 unspecified atom stereocenters. The Bertz CT molecular complexity index is 952. The number of aryl methyl sites for hydroxylation is 1. The average Bonchev–Trinajstić information content (AvgIpc) is 3.32. The fraction of sp³-hybridized carbons (Fsp3) is 0.294. The van der Waals surface area contributed by atoms with E-state index in [2.05, 4.69) is 36.2 Å². The van der Waals surface area contributed by atoms with Crippen LogP contribution in [0.25, 0.3) is 10.4 Å². The maximum Gasteiger partial charge on any atom is 0.326 e. The van der Waals surface area contributed by atoms with Gasteiger partial charge in [0.1, 0.15) is 0 Å². The minimum absolute atomic E-state index is 0.150. The lowest BCUT2D eigenvalue weighted by atomic mass is 9.88. The zero-order valence-electron chi connectivity index (χ0n) is 15.3. The van der Waals surface area contributed by atoms with Crippen molar-refractivity contribution in [1.29, 1.82) is 0 Å². The summed E-state index contributed by atoms with van der Waals surface area (Å²) in [6.45, 7) is 3.43. The monoisotopic (exact) mass is 401 g/mol. The number of carbonyl (C=O) groups excluding carboxylic acids is 1. The first kappa shape index (κ1) is 19.4. The van der Waals surface area contributed by atoms with Crippen molar-refractivity contribution < 1.29 is 14.7 Å². The number of carbonyl (C=O) groups is 2. The summed E-state index contributed by atoms with van der Waals surface area (Å²) in [6.07, 6.45) is 2.91. The van der Waals surface area contributed by atoms with E-state index < -0.39 is 17.4 Å². The third-order valence-electron chi connectivity index (χ3n) is 4.10. The molecule has 0 spiro atoms. The van der Waals surface area contributed by atoms with E-state index in [-0.39, 0.29) is 5.95 Å². The molecular formula is C17H19N7O3S. The molecular weight excluding hydrogens is 382 g/mol. The summed E-state index contributed by atoms with van der Waals surface area (Å²) >= 11 is 1.53. The van der Waals surface area contributed by atoms with Crippen molar-refractivity contribution in [2.24, 2.45) is 5.41 Å². The Labute approximate surface area is 164 Å². The Morgan fingerprint density at radius 2 is 1.96 bits per heavy atom. The quantitative estimate of drug-likeness (QED) is 0.476. The molecule has 2 heterocycles. The first-order chi connectivity index (χ1) is 13.3. The predicted octanol–water partition coefficient (Wildman–Crippen LogP) is 3.01. The highest BCUT2D eigenvalue weighted by Gasteiger charge is 2.27. The van der Waals surface area contributed by atoms with Gasteiger partial charge in [-0.25, -0.2) is 14.9 Å². The number of carboxylic acid groups (broad SMARTS) is 1. The van der Waals surface area contributed by atoms with E-state index in [0.29, 0.717) is 18.5 Å². The first-order valence-electron chi connectivity index (χ1n) is 8.44. The molecule has 3 rings (SSSR count). The van der Waals surface area contributed by atoms with Crippen LogP contribution in [0.2, 0.25) is 0 Å². The number of urea groups is 1. The van der Waals surface area contributed by atoms with Gasteiger partial charge < -0.3 is 10.4 Å². The lowest BCUT2D eigenvalue weighted by molar-refractivity contribution is -0.147. The summed E-state index contributed by atoms with van der Waals surface area (Å²) in [5.41, 5.74) is 0.801. The van der Waals surface area contributed by atoms with Gasteiger partial charge in [-0.3, -0.25) is 10.1 Å². The molecule has 28 heavy (non-hydrogen) atoms. The van der Waals surface area contributed by atoms with E-state index in [4.69, 9.17) is 0 Å². The number of aliphatic carboxylic acids is 1. The number of aromatic nitrogens is 5. The highest BCUT2D eigenvalue weighted by atomic mass is 32.1.